The summed E-state index contributed by atoms with van der Waals surface area (Å²) in [5, 5.41) is 5.79. The molecule has 2 aromatic carbocycles. The summed E-state index contributed by atoms with van der Waals surface area (Å²) in [4.78, 5) is 14.2. The smallest absolute Gasteiger partial charge is 0.319 e. The van der Waals surface area contributed by atoms with E-state index in [-0.39, 0.29) is 6.03 Å². The lowest BCUT2D eigenvalue weighted by atomic mass is 10.1. The largest absolute Gasteiger partial charge is 0.457 e. The van der Waals surface area contributed by atoms with Crippen molar-refractivity contribution in [2.24, 2.45) is 5.92 Å². The van der Waals surface area contributed by atoms with Crippen molar-refractivity contribution < 1.29 is 9.53 Å². The van der Waals surface area contributed by atoms with E-state index in [4.69, 9.17) is 4.74 Å². The zero-order valence-corrected chi connectivity index (χ0v) is 13.9. The zero-order chi connectivity index (χ0) is 16.8. The van der Waals surface area contributed by atoms with Gasteiger partial charge < -0.3 is 20.3 Å². The molecular formula is C19H23N3O2. The molecule has 0 saturated carbocycles. The maximum absolute atomic E-state index is 12.0. The van der Waals surface area contributed by atoms with Crippen LogP contribution in [-0.4, -0.2) is 37.6 Å². The number of amides is 2. The van der Waals surface area contributed by atoms with Gasteiger partial charge in [0.2, 0.25) is 0 Å². The lowest BCUT2D eigenvalue weighted by Crippen LogP contribution is -2.33. The van der Waals surface area contributed by atoms with Crippen LogP contribution in [0.3, 0.4) is 0 Å². The van der Waals surface area contributed by atoms with E-state index in [1.165, 1.54) is 0 Å². The van der Waals surface area contributed by atoms with Gasteiger partial charge in [-0.05, 0) is 62.3 Å². The Morgan fingerprint density at radius 1 is 1.12 bits per heavy atom. The number of hydrogen-bond donors (Lipinski definition) is 2. The summed E-state index contributed by atoms with van der Waals surface area (Å²) < 4.78 is 5.73. The van der Waals surface area contributed by atoms with Gasteiger partial charge in [-0.25, -0.2) is 4.79 Å². The Bertz CT molecular complexity index is 658. The standard InChI is InChI=1S/C19H23N3O2/c1-22-12-11-15(14-22)13-20-19(23)21-16-7-9-18(10-8-16)24-17-5-3-2-4-6-17/h2-10,15H,11-14H2,1H3,(H2,20,21,23)/t15-/m0/s1. The Morgan fingerprint density at radius 2 is 1.83 bits per heavy atom. The number of para-hydroxylation sites is 1. The van der Waals surface area contributed by atoms with Crippen LogP contribution in [0.25, 0.3) is 0 Å². The zero-order valence-electron chi connectivity index (χ0n) is 13.9. The van der Waals surface area contributed by atoms with E-state index >= 15 is 0 Å². The molecular weight excluding hydrogens is 302 g/mol. The monoisotopic (exact) mass is 325 g/mol. The first kappa shape index (κ1) is 16.3. The Labute approximate surface area is 142 Å². The molecule has 126 valence electrons. The average Bonchev–Trinajstić information content (AvgIpc) is 3.01. The summed E-state index contributed by atoms with van der Waals surface area (Å²) in [5.41, 5.74) is 0.747. The molecule has 0 unspecified atom stereocenters. The van der Waals surface area contributed by atoms with Crippen molar-refractivity contribution in [3.05, 3.63) is 54.6 Å². The summed E-state index contributed by atoms with van der Waals surface area (Å²) in [7, 11) is 2.11. The van der Waals surface area contributed by atoms with Gasteiger partial charge in [0.25, 0.3) is 0 Å². The Balaban J connectivity index is 1.46. The quantitative estimate of drug-likeness (QED) is 0.884. The molecule has 1 saturated heterocycles. The van der Waals surface area contributed by atoms with Crippen LogP contribution < -0.4 is 15.4 Å². The van der Waals surface area contributed by atoms with E-state index in [1.807, 2.05) is 54.6 Å². The topological polar surface area (TPSA) is 53.6 Å². The predicted molar refractivity (Wildman–Crippen MR) is 95.6 cm³/mol. The van der Waals surface area contributed by atoms with Gasteiger partial charge in [-0.3, -0.25) is 0 Å². The number of carbonyl (C=O) groups is 1. The number of benzene rings is 2. The molecule has 0 aliphatic carbocycles. The number of carbonyl (C=O) groups excluding carboxylic acids is 1. The van der Waals surface area contributed by atoms with Crippen LogP contribution in [0.2, 0.25) is 0 Å². The molecule has 1 aliphatic heterocycles. The second kappa shape index (κ2) is 7.84. The molecule has 0 radical (unpaired) electrons. The van der Waals surface area contributed by atoms with Gasteiger partial charge in [0.05, 0.1) is 0 Å². The fraction of sp³-hybridized carbons (Fsp3) is 0.316. The summed E-state index contributed by atoms with van der Waals surface area (Å²) in [5.74, 6) is 2.07. The minimum absolute atomic E-state index is 0.165. The molecule has 2 aromatic rings. The second-order valence-corrected chi connectivity index (χ2v) is 6.19. The Hall–Kier alpha value is -2.53. The lowest BCUT2D eigenvalue weighted by Gasteiger charge is -2.13. The average molecular weight is 325 g/mol. The van der Waals surface area contributed by atoms with Gasteiger partial charge in [-0.15, -0.1) is 0 Å². The minimum Gasteiger partial charge on any atom is -0.457 e. The summed E-state index contributed by atoms with van der Waals surface area (Å²) in [6, 6.07) is 16.8. The molecule has 1 fully saturated rings. The molecule has 1 heterocycles. The Kier molecular flexibility index (Phi) is 5.33. The predicted octanol–water partition coefficient (Wildman–Crippen LogP) is 3.55. The van der Waals surface area contributed by atoms with Crippen LogP contribution in [0.4, 0.5) is 10.5 Å². The van der Waals surface area contributed by atoms with Crippen LogP contribution in [-0.2, 0) is 0 Å². The first-order valence-electron chi connectivity index (χ1n) is 8.25. The van der Waals surface area contributed by atoms with E-state index in [2.05, 4.69) is 22.6 Å². The molecule has 24 heavy (non-hydrogen) atoms. The summed E-state index contributed by atoms with van der Waals surface area (Å²) in [6.07, 6.45) is 1.14. The first-order valence-corrected chi connectivity index (χ1v) is 8.25. The molecule has 1 atom stereocenters. The van der Waals surface area contributed by atoms with Crippen molar-refractivity contribution in [2.45, 2.75) is 6.42 Å². The molecule has 0 spiro atoms. The number of hydrogen-bond acceptors (Lipinski definition) is 3. The molecule has 0 aromatic heterocycles. The normalized spacial score (nSPS) is 17.5. The summed E-state index contributed by atoms with van der Waals surface area (Å²) in [6.45, 7) is 2.87. The highest BCUT2D eigenvalue weighted by Crippen LogP contribution is 2.22. The maximum atomic E-state index is 12.0. The third-order valence-electron chi connectivity index (χ3n) is 4.13. The van der Waals surface area contributed by atoms with Gasteiger partial charge in [-0.1, -0.05) is 18.2 Å². The van der Waals surface area contributed by atoms with E-state index in [9.17, 15) is 4.79 Å². The fourth-order valence-electron chi connectivity index (χ4n) is 2.84. The van der Waals surface area contributed by atoms with Crippen molar-refractivity contribution in [3.63, 3.8) is 0 Å². The number of likely N-dealkylation sites (tertiary alicyclic amines) is 1. The third kappa shape index (κ3) is 4.73. The van der Waals surface area contributed by atoms with E-state index in [0.29, 0.717) is 12.5 Å². The van der Waals surface area contributed by atoms with E-state index in [1.54, 1.807) is 0 Å². The maximum Gasteiger partial charge on any atom is 0.319 e. The van der Waals surface area contributed by atoms with Gasteiger partial charge in [0.1, 0.15) is 11.5 Å². The number of nitrogens with one attached hydrogen (secondary N) is 2. The number of anilines is 1. The SMILES string of the molecule is CN1CC[C@@H](CNC(=O)Nc2ccc(Oc3ccccc3)cc2)C1. The van der Waals surface area contributed by atoms with Crippen LogP contribution >= 0.6 is 0 Å². The highest BCUT2D eigenvalue weighted by Gasteiger charge is 2.19. The highest BCUT2D eigenvalue weighted by atomic mass is 16.5. The number of urea groups is 1. The van der Waals surface area contributed by atoms with Crippen molar-refractivity contribution in [1.82, 2.24) is 10.2 Å². The molecule has 3 rings (SSSR count). The minimum atomic E-state index is -0.165. The molecule has 0 bridgehead atoms. The van der Waals surface area contributed by atoms with Crippen molar-refractivity contribution in [1.29, 1.82) is 0 Å². The highest BCUT2D eigenvalue weighted by molar-refractivity contribution is 5.89. The molecule has 2 N–H and O–H groups in total. The second-order valence-electron chi connectivity index (χ2n) is 6.19. The fourth-order valence-corrected chi connectivity index (χ4v) is 2.84. The van der Waals surface area contributed by atoms with Gasteiger partial charge in [0, 0.05) is 18.8 Å². The van der Waals surface area contributed by atoms with Crippen LogP contribution in [0, 0.1) is 5.92 Å². The number of ether oxygens (including phenoxy) is 1. The van der Waals surface area contributed by atoms with Gasteiger partial charge in [0.15, 0.2) is 0 Å². The van der Waals surface area contributed by atoms with E-state index in [0.717, 1.165) is 36.7 Å². The summed E-state index contributed by atoms with van der Waals surface area (Å²) >= 11 is 0. The molecule has 5 nitrogen and oxygen atoms in total. The van der Waals surface area contributed by atoms with Crippen LogP contribution in [0.1, 0.15) is 6.42 Å². The molecule has 1 aliphatic rings. The van der Waals surface area contributed by atoms with Crippen LogP contribution in [0.15, 0.2) is 54.6 Å². The van der Waals surface area contributed by atoms with Gasteiger partial charge in [-0.2, -0.15) is 0 Å². The van der Waals surface area contributed by atoms with Crippen molar-refractivity contribution >= 4 is 11.7 Å². The third-order valence-corrected chi connectivity index (χ3v) is 4.13. The van der Waals surface area contributed by atoms with Crippen molar-refractivity contribution in [2.75, 3.05) is 32.0 Å². The number of rotatable bonds is 5. The Morgan fingerprint density at radius 3 is 2.50 bits per heavy atom. The van der Waals surface area contributed by atoms with Crippen LogP contribution in [0.5, 0.6) is 11.5 Å². The number of nitrogens with zero attached hydrogens (tertiary/aromatic N) is 1. The first-order chi connectivity index (χ1) is 11.7. The van der Waals surface area contributed by atoms with E-state index < -0.39 is 0 Å². The molecule has 2 amide bonds. The lowest BCUT2D eigenvalue weighted by molar-refractivity contribution is 0.250. The molecule has 5 heteroatoms. The van der Waals surface area contributed by atoms with Crippen molar-refractivity contribution in [3.8, 4) is 11.5 Å². The van der Waals surface area contributed by atoms with Gasteiger partial charge >= 0.3 is 6.03 Å².